The third kappa shape index (κ3) is 4.15. The molecule has 3 aromatic heterocycles. The van der Waals surface area contributed by atoms with E-state index in [2.05, 4.69) is 127 Å². The van der Waals surface area contributed by atoms with Gasteiger partial charge in [0.25, 0.3) is 0 Å². The molecule has 8 aromatic carbocycles. The monoisotopic (exact) mass is 727 g/mol. The number of hydrogen-bond acceptors (Lipinski definition) is 5. The van der Waals surface area contributed by atoms with E-state index in [1.165, 1.54) is 44.5 Å². The third-order valence-electron chi connectivity index (χ3n) is 12.2. The van der Waals surface area contributed by atoms with Crippen LogP contribution >= 0.6 is 0 Å². The van der Waals surface area contributed by atoms with Crippen molar-refractivity contribution in [1.29, 1.82) is 0 Å². The van der Waals surface area contributed by atoms with Crippen LogP contribution < -0.4 is 0 Å². The fourth-order valence-electron chi connectivity index (χ4n) is 9.73. The second-order valence-electron chi connectivity index (χ2n) is 15.1. The molecule has 0 bridgehead atoms. The van der Waals surface area contributed by atoms with Crippen LogP contribution in [0, 0.1) is 0 Å². The first-order valence-corrected chi connectivity index (χ1v) is 19.3. The van der Waals surface area contributed by atoms with Gasteiger partial charge in [-0.3, -0.25) is 0 Å². The van der Waals surface area contributed by atoms with Gasteiger partial charge in [-0.15, -0.1) is 0 Å². The van der Waals surface area contributed by atoms with E-state index in [0.29, 0.717) is 17.5 Å². The maximum atomic E-state index is 6.32. The van der Waals surface area contributed by atoms with Crippen LogP contribution in [0.25, 0.3) is 100 Å². The Morgan fingerprint density at radius 1 is 0.298 bits per heavy atom. The van der Waals surface area contributed by atoms with Crippen LogP contribution in [0.5, 0.6) is 0 Å². The highest BCUT2D eigenvalue weighted by Crippen LogP contribution is 2.62. The zero-order valence-electron chi connectivity index (χ0n) is 30.4. The Hall–Kier alpha value is -7.63. The maximum absolute atomic E-state index is 6.32. The molecule has 0 radical (unpaired) electrons. The van der Waals surface area contributed by atoms with Crippen LogP contribution in [0.1, 0.15) is 22.3 Å². The minimum absolute atomic E-state index is 0.420. The first kappa shape index (κ1) is 30.7. The van der Waals surface area contributed by atoms with E-state index in [-0.39, 0.29) is 0 Å². The van der Waals surface area contributed by atoms with Crippen LogP contribution in [0.4, 0.5) is 0 Å². The Bertz CT molecular complexity index is 3320. The van der Waals surface area contributed by atoms with Crippen LogP contribution in [0.3, 0.4) is 0 Å². The van der Waals surface area contributed by atoms with Gasteiger partial charge < -0.3 is 8.83 Å². The molecule has 0 saturated carbocycles. The summed E-state index contributed by atoms with van der Waals surface area (Å²) >= 11 is 0. The van der Waals surface area contributed by atoms with Crippen molar-refractivity contribution in [2.75, 3.05) is 0 Å². The van der Waals surface area contributed by atoms with Crippen molar-refractivity contribution >= 4 is 43.9 Å². The lowest BCUT2D eigenvalue weighted by atomic mass is 9.70. The minimum atomic E-state index is -0.420. The van der Waals surface area contributed by atoms with Crippen LogP contribution in [-0.4, -0.2) is 15.0 Å². The van der Waals surface area contributed by atoms with Crippen LogP contribution in [-0.2, 0) is 5.41 Å². The van der Waals surface area contributed by atoms with E-state index in [1.54, 1.807) is 0 Å². The van der Waals surface area contributed by atoms with Crippen molar-refractivity contribution in [3.8, 4) is 56.4 Å². The molecule has 264 valence electrons. The fraction of sp³-hybridized carbons (Fsp3) is 0.0192. The fourth-order valence-corrected chi connectivity index (χ4v) is 9.73. The number of rotatable bonds is 3. The summed E-state index contributed by atoms with van der Waals surface area (Å²) in [6.45, 7) is 0. The number of fused-ring (bicyclic) bond motifs is 16. The Morgan fingerprint density at radius 3 is 1.18 bits per heavy atom. The molecule has 5 heteroatoms. The highest BCUT2D eigenvalue weighted by atomic mass is 16.3. The van der Waals surface area contributed by atoms with Crippen molar-refractivity contribution in [2.45, 2.75) is 5.41 Å². The molecule has 2 aliphatic carbocycles. The molecule has 0 atom stereocenters. The van der Waals surface area contributed by atoms with E-state index < -0.39 is 5.41 Å². The molecule has 0 saturated heterocycles. The van der Waals surface area contributed by atoms with Gasteiger partial charge in [0.1, 0.15) is 22.3 Å². The van der Waals surface area contributed by atoms with Gasteiger partial charge in [0.05, 0.1) is 5.41 Å². The topological polar surface area (TPSA) is 65.0 Å². The first-order valence-electron chi connectivity index (χ1n) is 19.3. The summed E-state index contributed by atoms with van der Waals surface area (Å²) in [4.78, 5) is 15.6. The van der Waals surface area contributed by atoms with Gasteiger partial charge >= 0.3 is 0 Å². The van der Waals surface area contributed by atoms with Crippen molar-refractivity contribution in [3.63, 3.8) is 0 Å². The highest BCUT2D eigenvalue weighted by Gasteiger charge is 2.51. The molecule has 0 aliphatic heterocycles. The van der Waals surface area contributed by atoms with Crippen LogP contribution in [0.15, 0.2) is 185 Å². The van der Waals surface area contributed by atoms with E-state index in [0.717, 1.165) is 60.6 Å². The molecule has 3 heterocycles. The maximum Gasteiger partial charge on any atom is 0.164 e. The molecule has 11 aromatic rings. The van der Waals surface area contributed by atoms with Crippen molar-refractivity contribution in [1.82, 2.24) is 15.0 Å². The molecule has 0 unspecified atom stereocenters. The van der Waals surface area contributed by atoms with Gasteiger partial charge in [0.2, 0.25) is 0 Å². The number of nitrogens with zero attached hydrogens (tertiary/aromatic N) is 3. The number of furan rings is 2. The Balaban J connectivity index is 1.03. The summed E-state index contributed by atoms with van der Waals surface area (Å²) < 4.78 is 12.6. The summed E-state index contributed by atoms with van der Waals surface area (Å²) in [7, 11) is 0. The molecule has 13 rings (SSSR count). The predicted octanol–water partition coefficient (Wildman–Crippen LogP) is 13.0. The standard InChI is InChI=1S/C52H29N3O2/c1-6-16-41-33(11-1)34-12-2-7-17-42(34)52(41)43-18-8-3-13-35(43)40-27-30(23-26-44(40)52)49-53-50(31-21-24-38-36-14-4-9-19-45(36)56-47(38)28-31)55-51(54-49)32-22-25-39-37-15-5-10-20-46(37)57-48(39)29-32/h1-29H. The summed E-state index contributed by atoms with van der Waals surface area (Å²) in [6, 6.07) is 62.1. The second kappa shape index (κ2) is 11.2. The third-order valence-corrected chi connectivity index (χ3v) is 12.2. The van der Waals surface area contributed by atoms with Gasteiger partial charge in [-0.1, -0.05) is 133 Å². The average molecular weight is 728 g/mol. The van der Waals surface area contributed by atoms with Crippen LogP contribution in [0.2, 0.25) is 0 Å². The normalized spacial score (nSPS) is 13.4. The summed E-state index contributed by atoms with van der Waals surface area (Å²) in [6.07, 6.45) is 0. The lowest BCUT2D eigenvalue weighted by Gasteiger charge is -2.30. The predicted molar refractivity (Wildman–Crippen MR) is 227 cm³/mol. The molecule has 0 amide bonds. The lowest BCUT2D eigenvalue weighted by Crippen LogP contribution is -2.25. The van der Waals surface area contributed by atoms with E-state index in [4.69, 9.17) is 23.8 Å². The van der Waals surface area contributed by atoms with Gasteiger partial charge in [-0.2, -0.15) is 0 Å². The number of aromatic nitrogens is 3. The van der Waals surface area contributed by atoms with Gasteiger partial charge in [-0.05, 0) is 87.0 Å². The molecule has 0 N–H and O–H groups in total. The van der Waals surface area contributed by atoms with Crippen molar-refractivity contribution in [2.24, 2.45) is 0 Å². The molecule has 2 aliphatic rings. The molecule has 5 nitrogen and oxygen atoms in total. The highest BCUT2D eigenvalue weighted by molar-refractivity contribution is 6.07. The Morgan fingerprint density at radius 2 is 0.667 bits per heavy atom. The minimum Gasteiger partial charge on any atom is -0.456 e. The quantitative estimate of drug-likeness (QED) is 0.181. The van der Waals surface area contributed by atoms with Gasteiger partial charge in [-0.25, -0.2) is 15.0 Å². The smallest absolute Gasteiger partial charge is 0.164 e. The van der Waals surface area contributed by atoms with E-state index in [1.807, 2.05) is 48.5 Å². The second-order valence-corrected chi connectivity index (χ2v) is 15.1. The van der Waals surface area contributed by atoms with E-state index >= 15 is 0 Å². The average Bonchev–Trinajstić information content (AvgIpc) is 4.00. The van der Waals surface area contributed by atoms with Crippen molar-refractivity contribution in [3.05, 3.63) is 198 Å². The molecule has 1 spiro atoms. The van der Waals surface area contributed by atoms with Gasteiger partial charge in [0.15, 0.2) is 17.5 Å². The summed E-state index contributed by atoms with van der Waals surface area (Å²) in [5, 5.41) is 4.28. The molecular formula is C52H29N3O2. The lowest BCUT2D eigenvalue weighted by molar-refractivity contribution is 0.668. The van der Waals surface area contributed by atoms with Crippen molar-refractivity contribution < 1.29 is 8.83 Å². The zero-order chi connectivity index (χ0) is 37.2. The summed E-state index contributed by atoms with van der Waals surface area (Å²) in [5.41, 5.74) is 15.7. The first-order chi connectivity index (χ1) is 28.2. The van der Waals surface area contributed by atoms with Gasteiger partial charge in [0, 0.05) is 38.2 Å². The Kier molecular flexibility index (Phi) is 6.04. The number of hydrogen-bond donors (Lipinski definition) is 0. The Labute approximate surface area is 326 Å². The molecular weight excluding hydrogens is 699 g/mol. The van der Waals surface area contributed by atoms with E-state index in [9.17, 15) is 0 Å². The molecule has 57 heavy (non-hydrogen) atoms. The number of benzene rings is 8. The SMILES string of the molecule is c1ccc2c(c1)-c1ccccc1C21c2ccccc2-c2cc(-c3nc(-c4ccc5c(c4)oc4ccccc45)nc(-c4ccc5c(c4)oc4ccccc45)n3)ccc21. The summed E-state index contributed by atoms with van der Waals surface area (Å²) in [5.74, 6) is 1.73. The largest absolute Gasteiger partial charge is 0.456 e. The molecule has 0 fully saturated rings. The zero-order valence-corrected chi connectivity index (χ0v) is 30.4. The number of para-hydroxylation sites is 2.